The number of phenols is 2. The molecule has 2 aromatic rings. The second kappa shape index (κ2) is 8.96. The Morgan fingerprint density at radius 2 is 1.75 bits per heavy atom. The van der Waals surface area contributed by atoms with Gasteiger partial charge >= 0.3 is 0 Å². The van der Waals surface area contributed by atoms with Crippen molar-refractivity contribution in [3.63, 3.8) is 0 Å². The Labute approximate surface area is 142 Å². The Bertz CT molecular complexity index is 665. The van der Waals surface area contributed by atoms with Crippen LogP contribution in [0.1, 0.15) is 48.5 Å². The smallest absolute Gasteiger partial charge is 0.203 e. The zero-order valence-corrected chi connectivity index (χ0v) is 14.0. The number of carbonyl (C=O) groups excluding carboxylic acids is 1. The molecule has 4 heteroatoms. The highest BCUT2D eigenvalue weighted by Gasteiger charge is 2.16. The number of benzene rings is 2. The van der Waals surface area contributed by atoms with E-state index in [2.05, 4.69) is 6.92 Å². The molecule has 0 aliphatic carbocycles. The van der Waals surface area contributed by atoms with Gasteiger partial charge in [0.15, 0.2) is 6.61 Å². The summed E-state index contributed by atoms with van der Waals surface area (Å²) in [5.41, 5.74) is 0.876. The Balaban J connectivity index is 2.03. The third-order valence-electron chi connectivity index (χ3n) is 3.91. The first kappa shape index (κ1) is 17.9. The maximum atomic E-state index is 12.3. The molecule has 0 aliphatic rings. The highest BCUT2D eigenvalue weighted by atomic mass is 16.5. The van der Waals surface area contributed by atoms with Gasteiger partial charge in [-0.3, -0.25) is 4.79 Å². The van der Waals surface area contributed by atoms with Crippen molar-refractivity contribution in [2.45, 2.75) is 39.0 Å². The van der Waals surface area contributed by atoms with Crippen molar-refractivity contribution in [3.05, 3.63) is 53.6 Å². The minimum Gasteiger partial charge on any atom is -0.508 e. The monoisotopic (exact) mass is 328 g/mol. The molecule has 0 bridgehead atoms. The van der Waals surface area contributed by atoms with Crippen LogP contribution < -0.4 is 4.74 Å². The van der Waals surface area contributed by atoms with Crippen LogP contribution in [-0.2, 0) is 6.42 Å². The van der Waals surface area contributed by atoms with Gasteiger partial charge in [0.1, 0.15) is 17.2 Å². The maximum absolute atomic E-state index is 12.3. The van der Waals surface area contributed by atoms with Crippen LogP contribution in [-0.4, -0.2) is 22.6 Å². The Morgan fingerprint density at radius 3 is 2.46 bits per heavy atom. The average molecular weight is 328 g/mol. The molecule has 0 amide bonds. The molecule has 2 rings (SSSR count). The molecule has 0 aromatic heterocycles. The second-order valence-electron chi connectivity index (χ2n) is 5.83. The number of aryl methyl sites for hydroxylation is 1. The van der Waals surface area contributed by atoms with Gasteiger partial charge in [-0.1, -0.05) is 44.4 Å². The van der Waals surface area contributed by atoms with Gasteiger partial charge in [-0.25, -0.2) is 0 Å². The van der Waals surface area contributed by atoms with E-state index in [9.17, 15) is 15.0 Å². The molecule has 0 fully saturated rings. The number of unbranched alkanes of at least 4 members (excludes halogenated alkanes) is 3. The van der Waals surface area contributed by atoms with Crippen LogP contribution in [0.3, 0.4) is 0 Å². The number of ketones is 1. The molecule has 128 valence electrons. The first-order valence-electron chi connectivity index (χ1n) is 8.37. The minimum atomic E-state index is -0.314. The fraction of sp³-hybridized carbons (Fsp3) is 0.350. The molecule has 0 saturated heterocycles. The SMILES string of the molecule is CCCCCCc1cc(C(=O)COc2ccccc2)c(O)cc1O. The Kier molecular flexibility index (Phi) is 6.67. The minimum absolute atomic E-state index is 0.0320. The van der Waals surface area contributed by atoms with E-state index in [1.165, 1.54) is 6.07 Å². The van der Waals surface area contributed by atoms with E-state index in [-0.39, 0.29) is 29.5 Å². The third kappa shape index (κ3) is 5.01. The summed E-state index contributed by atoms with van der Waals surface area (Å²) in [7, 11) is 0. The molecule has 0 radical (unpaired) electrons. The zero-order valence-electron chi connectivity index (χ0n) is 14.0. The molecule has 2 aromatic carbocycles. The van der Waals surface area contributed by atoms with Gasteiger partial charge in [0, 0.05) is 6.07 Å². The molecular weight excluding hydrogens is 304 g/mol. The van der Waals surface area contributed by atoms with Crippen molar-refractivity contribution < 1.29 is 19.7 Å². The largest absolute Gasteiger partial charge is 0.508 e. The molecule has 0 spiro atoms. The summed E-state index contributed by atoms with van der Waals surface area (Å²) >= 11 is 0. The Hall–Kier alpha value is -2.49. The molecular formula is C20H24O4. The van der Waals surface area contributed by atoms with Gasteiger partial charge in [0.25, 0.3) is 0 Å². The summed E-state index contributed by atoms with van der Waals surface area (Å²) in [6, 6.07) is 11.9. The van der Waals surface area contributed by atoms with Crippen LogP contribution in [0, 0.1) is 0 Å². The number of hydrogen-bond acceptors (Lipinski definition) is 4. The van der Waals surface area contributed by atoms with Gasteiger partial charge in [-0.15, -0.1) is 0 Å². The summed E-state index contributed by atoms with van der Waals surface area (Å²) in [5.74, 6) is 0.103. The standard InChI is InChI=1S/C20H24O4/c1-2-3-4-6-9-15-12-17(19(22)13-18(15)21)20(23)14-24-16-10-7-5-8-11-16/h5,7-8,10-13,21-22H,2-4,6,9,14H2,1H3. The summed E-state index contributed by atoms with van der Waals surface area (Å²) < 4.78 is 5.44. The lowest BCUT2D eigenvalue weighted by atomic mass is 10.0. The molecule has 0 heterocycles. The quantitative estimate of drug-likeness (QED) is 0.526. The zero-order chi connectivity index (χ0) is 17.4. The van der Waals surface area contributed by atoms with Crippen molar-refractivity contribution in [2.24, 2.45) is 0 Å². The molecule has 24 heavy (non-hydrogen) atoms. The van der Waals surface area contributed by atoms with E-state index >= 15 is 0 Å². The maximum Gasteiger partial charge on any atom is 0.203 e. The van der Waals surface area contributed by atoms with E-state index in [0.29, 0.717) is 17.7 Å². The van der Waals surface area contributed by atoms with Gasteiger partial charge in [-0.05, 0) is 36.6 Å². The van der Waals surface area contributed by atoms with Crippen LogP contribution in [0.4, 0.5) is 0 Å². The molecule has 0 aliphatic heterocycles. The van der Waals surface area contributed by atoms with Crippen molar-refractivity contribution in [3.8, 4) is 17.2 Å². The summed E-state index contributed by atoms with van der Waals surface area (Å²) in [6.07, 6.45) is 5.00. The number of phenolic OH excluding ortho intramolecular Hbond substituents is 2. The van der Waals surface area contributed by atoms with Crippen molar-refractivity contribution in [1.82, 2.24) is 0 Å². The lowest BCUT2D eigenvalue weighted by Gasteiger charge is -2.10. The highest BCUT2D eigenvalue weighted by Crippen LogP contribution is 2.29. The summed E-state index contributed by atoms with van der Waals surface area (Å²) in [6.45, 7) is 1.99. The normalized spacial score (nSPS) is 10.5. The van der Waals surface area contributed by atoms with Crippen LogP contribution in [0.25, 0.3) is 0 Å². The van der Waals surface area contributed by atoms with Crippen molar-refractivity contribution in [2.75, 3.05) is 6.61 Å². The molecule has 2 N–H and O–H groups in total. The number of hydrogen-bond donors (Lipinski definition) is 2. The van der Waals surface area contributed by atoms with Gasteiger partial charge in [0.2, 0.25) is 5.78 Å². The third-order valence-corrected chi connectivity index (χ3v) is 3.91. The number of rotatable bonds is 9. The summed E-state index contributed by atoms with van der Waals surface area (Å²) in [4.78, 5) is 12.3. The van der Waals surface area contributed by atoms with E-state index in [0.717, 1.165) is 25.7 Å². The molecule has 0 unspecified atom stereocenters. The highest BCUT2D eigenvalue weighted by molar-refractivity contribution is 6.00. The lowest BCUT2D eigenvalue weighted by Crippen LogP contribution is -2.12. The summed E-state index contributed by atoms with van der Waals surface area (Å²) in [5, 5.41) is 19.9. The average Bonchev–Trinajstić information content (AvgIpc) is 2.59. The lowest BCUT2D eigenvalue weighted by molar-refractivity contribution is 0.0918. The van der Waals surface area contributed by atoms with Crippen molar-refractivity contribution in [1.29, 1.82) is 0 Å². The number of para-hydroxylation sites is 1. The van der Waals surface area contributed by atoms with Crippen LogP contribution in [0.15, 0.2) is 42.5 Å². The van der Waals surface area contributed by atoms with E-state index < -0.39 is 0 Å². The number of aromatic hydroxyl groups is 2. The van der Waals surface area contributed by atoms with E-state index in [1.54, 1.807) is 18.2 Å². The molecule has 0 saturated carbocycles. The van der Waals surface area contributed by atoms with E-state index in [4.69, 9.17) is 4.74 Å². The number of ether oxygens (including phenoxy) is 1. The fourth-order valence-electron chi connectivity index (χ4n) is 2.53. The fourth-order valence-corrected chi connectivity index (χ4v) is 2.53. The molecule has 0 atom stereocenters. The first-order valence-corrected chi connectivity index (χ1v) is 8.37. The van der Waals surface area contributed by atoms with Crippen LogP contribution in [0.2, 0.25) is 0 Å². The van der Waals surface area contributed by atoms with Crippen LogP contribution >= 0.6 is 0 Å². The van der Waals surface area contributed by atoms with Crippen molar-refractivity contribution >= 4 is 5.78 Å². The second-order valence-corrected chi connectivity index (χ2v) is 5.83. The van der Waals surface area contributed by atoms with Gasteiger partial charge < -0.3 is 14.9 Å². The van der Waals surface area contributed by atoms with Gasteiger partial charge in [0.05, 0.1) is 5.56 Å². The predicted molar refractivity (Wildman–Crippen MR) is 93.9 cm³/mol. The topological polar surface area (TPSA) is 66.8 Å². The van der Waals surface area contributed by atoms with Gasteiger partial charge in [-0.2, -0.15) is 0 Å². The van der Waals surface area contributed by atoms with Crippen LogP contribution in [0.5, 0.6) is 17.2 Å². The number of Topliss-reactive ketones (excluding diaryl/α,β-unsaturated/α-hetero) is 1. The first-order chi connectivity index (χ1) is 11.6. The van der Waals surface area contributed by atoms with E-state index in [1.807, 2.05) is 18.2 Å². The number of carbonyl (C=O) groups is 1. The predicted octanol–water partition coefficient (Wildman–Crippen LogP) is 4.48. The Morgan fingerprint density at radius 1 is 1.00 bits per heavy atom. The molecule has 4 nitrogen and oxygen atoms in total.